The number of ether oxygens (including phenoxy) is 1. The van der Waals surface area contributed by atoms with Gasteiger partial charge in [0.2, 0.25) is 10.0 Å². The monoisotopic (exact) mass is 279 g/mol. The van der Waals surface area contributed by atoms with Crippen LogP contribution in [0.15, 0.2) is 24.3 Å². The molecule has 1 aromatic carbocycles. The van der Waals surface area contributed by atoms with Crippen molar-refractivity contribution in [1.29, 1.82) is 0 Å². The molecule has 18 heavy (non-hydrogen) atoms. The number of halogens is 2. The van der Waals surface area contributed by atoms with E-state index in [9.17, 15) is 17.2 Å². The van der Waals surface area contributed by atoms with Crippen LogP contribution in [0.2, 0.25) is 0 Å². The first-order valence-electron chi connectivity index (χ1n) is 5.32. The Labute approximate surface area is 105 Å². The Bertz CT molecular complexity index is 472. The molecule has 0 spiro atoms. The van der Waals surface area contributed by atoms with Crippen molar-refractivity contribution in [2.75, 3.05) is 0 Å². The van der Waals surface area contributed by atoms with Gasteiger partial charge in [0, 0.05) is 6.04 Å². The van der Waals surface area contributed by atoms with Crippen LogP contribution in [0.1, 0.15) is 19.4 Å². The van der Waals surface area contributed by atoms with Crippen LogP contribution in [0.25, 0.3) is 0 Å². The molecule has 0 aliphatic rings. The maximum Gasteiger partial charge on any atom is 0.387 e. The molecule has 1 N–H and O–H groups in total. The molecule has 7 heteroatoms. The van der Waals surface area contributed by atoms with Gasteiger partial charge in [-0.2, -0.15) is 8.78 Å². The highest BCUT2D eigenvalue weighted by molar-refractivity contribution is 7.88. The average molecular weight is 279 g/mol. The molecule has 0 unspecified atom stereocenters. The molecule has 1 aromatic rings. The molecule has 0 fully saturated rings. The zero-order valence-electron chi connectivity index (χ0n) is 10.1. The number of hydrogen-bond acceptors (Lipinski definition) is 3. The van der Waals surface area contributed by atoms with Crippen LogP contribution in [-0.2, 0) is 15.8 Å². The van der Waals surface area contributed by atoms with Crippen LogP contribution >= 0.6 is 0 Å². The molecule has 0 bridgehead atoms. The van der Waals surface area contributed by atoms with Gasteiger partial charge in [-0.1, -0.05) is 12.1 Å². The molecule has 0 aliphatic carbocycles. The van der Waals surface area contributed by atoms with Gasteiger partial charge in [0.05, 0.1) is 5.75 Å². The standard InChI is InChI=1S/C11H15F2NO3S/c1-8(2)14-18(15,16)7-9-3-5-10(6-4-9)17-11(12)13/h3-6,8,11,14H,7H2,1-2H3. The Morgan fingerprint density at radius 1 is 1.22 bits per heavy atom. The van der Waals surface area contributed by atoms with Crippen LogP contribution in [0, 0.1) is 0 Å². The molecule has 0 saturated heterocycles. The lowest BCUT2D eigenvalue weighted by Crippen LogP contribution is -2.31. The fraction of sp³-hybridized carbons (Fsp3) is 0.455. The highest BCUT2D eigenvalue weighted by Gasteiger charge is 2.13. The second-order valence-corrected chi connectivity index (χ2v) is 5.81. The van der Waals surface area contributed by atoms with Gasteiger partial charge in [-0.05, 0) is 31.5 Å². The lowest BCUT2D eigenvalue weighted by Gasteiger charge is -2.10. The van der Waals surface area contributed by atoms with E-state index in [2.05, 4.69) is 9.46 Å². The fourth-order valence-electron chi connectivity index (χ4n) is 1.39. The number of nitrogens with one attached hydrogen (secondary N) is 1. The van der Waals surface area contributed by atoms with E-state index in [0.29, 0.717) is 5.56 Å². The second-order valence-electron chi connectivity index (χ2n) is 4.05. The molecular weight excluding hydrogens is 264 g/mol. The number of sulfonamides is 1. The van der Waals surface area contributed by atoms with Gasteiger partial charge >= 0.3 is 6.61 Å². The highest BCUT2D eigenvalue weighted by atomic mass is 32.2. The first-order chi connectivity index (χ1) is 8.28. The summed E-state index contributed by atoms with van der Waals surface area (Å²) >= 11 is 0. The Morgan fingerprint density at radius 2 is 1.78 bits per heavy atom. The van der Waals surface area contributed by atoms with Crippen molar-refractivity contribution in [1.82, 2.24) is 4.72 Å². The van der Waals surface area contributed by atoms with Crippen molar-refractivity contribution in [3.05, 3.63) is 29.8 Å². The minimum atomic E-state index is -3.41. The maximum atomic E-state index is 11.9. The molecule has 0 aliphatic heterocycles. The number of benzene rings is 1. The SMILES string of the molecule is CC(C)NS(=O)(=O)Cc1ccc(OC(F)F)cc1. The first kappa shape index (κ1) is 14.8. The molecule has 0 atom stereocenters. The normalized spacial score (nSPS) is 12.1. The molecule has 1 rings (SSSR count). The Balaban J connectivity index is 2.69. The van der Waals surface area contributed by atoms with Gasteiger partial charge in [0.25, 0.3) is 0 Å². The van der Waals surface area contributed by atoms with Crippen LogP contribution in [0.5, 0.6) is 5.75 Å². The van der Waals surface area contributed by atoms with E-state index in [0.717, 1.165) is 0 Å². The van der Waals surface area contributed by atoms with Gasteiger partial charge in [0.15, 0.2) is 0 Å². The molecule has 0 saturated carbocycles. The Kier molecular flexibility index (Phi) is 5.03. The van der Waals surface area contributed by atoms with Crippen molar-refractivity contribution in [3.63, 3.8) is 0 Å². The van der Waals surface area contributed by atoms with Crippen LogP contribution in [0.4, 0.5) is 8.78 Å². The zero-order chi connectivity index (χ0) is 13.8. The topological polar surface area (TPSA) is 55.4 Å². The van der Waals surface area contributed by atoms with Gasteiger partial charge in [-0.15, -0.1) is 0 Å². The quantitative estimate of drug-likeness (QED) is 0.867. The van der Waals surface area contributed by atoms with Crippen molar-refractivity contribution in [2.24, 2.45) is 0 Å². The second kappa shape index (κ2) is 6.10. The van der Waals surface area contributed by atoms with Crippen molar-refractivity contribution >= 4 is 10.0 Å². The lowest BCUT2D eigenvalue weighted by atomic mass is 10.2. The molecule has 0 heterocycles. The third-order valence-corrected chi connectivity index (χ3v) is 3.46. The van der Waals surface area contributed by atoms with E-state index >= 15 is 0 Å². The van der Waals surface area contributed by atoms with E-state index in [1.54, 1.807) is 13.8 Å². The van der Waals surface area contributed by atoms with Gasteiger partial charge in [-0.3, -0.25) is 0 Å². The predicted octanol–water partition coefficient (Wildman–Crippen LogP) is 2.12. The summed E-state index contributed by atoms with van der Waals surface area (Å²) in [5.74, 6) is -0.192. The van der Waals surface area contributed by atoms with Gasteiger partial charge < -0.3 is 4.74 Å². The van der Waals surface area contributed by atoms with Crippen LogP contribution in [-0.4, -0.2) is 21.1 Å². The number of rotatable bonds is 6. The summed E-state index contributed by atoms with van der Waals surface area (Å²) in [5, 5.41) is 0. The summed E-state index contributed by atoms with van der Waals surface area (Å²) in [6.45, 7) is 0.552. The van der Waals surface area contributed by atoms with Crippen LogP contribution < -0.4 is 9.46 Å². The van der Waals surface area contributed by atoms with E-state index in [1.165, 1.54) is 24.3 Å². The Hall–Kier alpha value is -1.21. The van der Waals surface area contributed by atoms with Crippen molar-refractivity contribution in [2.45, 2.75) is 32.3 Å². The minimum absolute atomic E-state index is 0.00275. The highest BCUT2D eigenvalue weighted by Crippen LogP contribution is 2.16. The van der Waals surface area contributed by atoms with E-state index in [-0.39, 0.29) is 17.5 Å². The summed E-state index contributed by atoms with van der Waals surface area (Å²) in [6.07, 6.45) is 0. The van der Waals surface area contributed by atoms with Crippen LogP contribution in [0.3, 0.4) is 0 Å². The minimum Gasteiger partial charge on any atom is -0.435 e. The zero-order valence-corrected chi connectivity index (χ0v) is 10.9. The molecule has 0 radical (unpaired) electrons. The molecule has 0 amide bonds. The lowest BCUT2D eigenvalue weighted by molar-refractivity contribution is -0.0498. The fourth-order valence-corrected chi connectivity index (χ4v) is 2.82. The van der Waals surface area contributed by atoms with E-state index < -0.39 is 16.6 Å². The van der Waals surface area contributed by atoms with E-state index in [4.69, 9.17) is 0 Å². The summed E-state index contributed by atoms with van der Waals surface area (Å²) in [5.41, 5.74) is 0.504. The smallest absolute Gasteiger partial charge is 0.387 e. The summed E-state index contributed by atoms with van der Waals surface area (Å²) in [7, 11) is -3.41. The molecule has 102 valence electrons. The largest absolute Gasteiger partial charge is 0.435 e. The van der Waals surface area contributed by atoms with Gasteiger partial charge in [-0.25, -0.2) is 13.1 Å². The van der Waals surface area contributed by atoms with Crippen molar-refractivity contribution in [3.8, 4) is 5.75 Å². The maximum absolute atomic E-state index is 11.9. The van der Waals surface area contributed by atoms with Gasteiger partial charge in [0.1, 0.15) is 5.75 Å². The van der Waals surface area contributed by atoms with E-state index in [1.807, 2.05) is 0 Å². The number of alkyl halides is 2. The third kappa shape index (κ3) is 5.42. The number of hydrogen-bond donors (Lipinski definition) is 1. The first-order valence-corrected chi connectivity index (χ1v) is 6.97. The Morgan fingerprint density at radius 3 is 2.22 bits per heavy atom. The third-order valence-electron chi connectivity index (χ3n) is 1.92. The summed E-state index contributed by atoms with van der Waals surface area (Å²) < 4.78 is 53.6. The predicted molar refractivity (Wildman–Crippen MR) is 64.0 cm³/mol. The van der Waals surface area contributed by atoms with Crippen molar-refractivity contribution < 1.29 is 21.9 Å². The summed E-state index contributed by atoms with van der Waals surface area (Å²) in [4.78, 5) is 0. The summed E-state index contributed by atoms with van der Waals surface area (Å²) in [6, 6.07) is 5.32. The average Bonchev–Trinajstić information content (AvgIpc) is 2.17. The molecule has 4 nitrogen and oxygen atoms in total. The molecular formula is C11H15F2NO3S. The molecule has 0 aromatic heterocycles.